The average molecular weight is 383 g/mol. The topological polar surface area (TPSA) is 27.1 Å². The fourth-order valence-electron chi connectivity index (χ4n) is 2.71. The van der Waals surface area contributed by atoms with Gasteiger partial charge in [-0.2, -0.15) is 0 Å². The molecule has 0 atom stereocenters. The predicted molar refractivity (Wildman–Crippen MR) is 104 cm³/mol. The number of ether oxygens (including phenoxy) is 1. The molecule has 1 aromatic heterocycles. The molecule has 1 aromatic carbocycles. The summed E-state index contributed by atoms with van der Waals surface area (Å²) in [6.07, 6.45) is 4.27. The van der Waals surface area contributed by atoms with E-state index in [9.17, 15) is 0 Å². The second kappa shape index (κ2) is 7.20. The smallest absolute Gasteiger partial charge is 0.124 e. The van der Waals surface area contributed by atoms with Crippen LogP contribution in [0.3, 0.4) is 0 Å². The predicted octanol–water partition coefficient (Wildman–Crippen LogP) is 6.05. The van der Waals surface area contributed by atoms with Gasteiger partial charge in [0, 0.05) is 31.2 Å². The van der Waals surface area contributed by atoms with Crippen molar-refractivity contribution in [1.29, 1.82) is 0 Å². The quantitative estimate of drug-likeness (QED) is 0.430. The van der Waals surface area contributed by atoms with Crippen molar-refractivity contribution in [3.63, 3.8) is 0 Å². The molecule has 0 spiro atoms. The van der Waals surface area contributed by atoms with E-state index in [1.165, 1.54) is 24.6 Å². The van der Waals surface area contributed by atoms with Gasteiger partial charge in [0.2, 0.25) is 0 Å². The summed E-state index contributed by atoms with van der Waals surface area (Å²) in [5.41, 5.74) is 3.08. The van der Waals surface area contributed by atoms with Crippen LogP contribution in [0.1, 0.15) is 24.5 Å². The highest BCUT2D eigenvalue weighted by Crippen LogP contribution is 2.45. The molecular formula is C18H24Cl2N2OSi. The van der Waals surface area contributed by atoms with E-state index in [4.69, 9.17) is 27.9 Å². The van der Waals surface area contributed by atoms with Gasteiger partial charge in [0.25, 0.3) is 0 Å². The number of rotatable bonds is 7. The largest absolute Gasteiger partial charge is 0.361 e. The number of aromatic nitrogens is 2. The summed E-state index contributed by atoms with van der Waals surface area (Å²) in [4.78, 5) is 4.63. The molecule has 3 rings (SSSR count). The Labute approximate surface area is 155 Å². The number of hydrogen-bond donors (Lipinski definition) is 0. The molecule has 0 N–H and O–H groups in total. The van der Waals surface area contributed by atoms with E-state index in [1.807, 2.05) is 18.5 Å². The van der Waals surface area contributed by atoms with Crippen molar-refractivity contribution in [3.8, 4) is 11.3 Å². The molecule has 0 bridgehead atoms. The molecule has 0 unspecified atom stereocenters. The van der Waals surface area contributed by atoms with Crippen molar-refractivity contribution < 1.29 is 4.74 Å². The Balaban J connectivity index is 1.80. The van der Waals surface area contributed by atoms with Crippen molar-refractivity contribution in [2.24, 2.45) is 0 Å². The van der Waals surface area contributed by atoms with Gasteiger partial charge in [0.15, 0.2) is 0 Å². The van der Waals surface area contributed by atoms with Crippen LogP contribution in [-0.4, -0.2) is 24.2 Å². The van der Waals surface area contributed by atoms with Crippen LogP contribution < -0.4 is 0 Å². The molecule has 3 nitrogen and oxygen atoms in total. The van der Waals surface area contributed by atoms with Gasteiger partial charge in [-0.05, 0) is 37.1 Å². The first-order chi connectivity index (χ1) is 11.3. The Bertz CT molecular complexity index is 720. The van der Waals surface area contributed by atoms with E-state index in [1.54, 1.807) is 6.07 Å². The zero-order valence-corrected chi connectivity index (χ0v) is 17.0. The Kier molecular flexibility index (Phi) is 5.40. The van der Waals surface area contributed by atoms with Crippen molar-refractivity contribution in [2.75, 3.05) is 6.61 Å². The summed E-state index contributed by atoms with van der Waals surface area (Å²) in [6.45, 7) is 8.46. The fourth-order valence-corrected chi connectivity index (χ4v) is 3.84. The molecule has 1 saturated carbocycles. The second-order valence-electron chi connectivity index (χ2n) is 7.69. The van der Waals surface area contributed by atoms with Crippen LogP contribution in [0.5, 0.6) is 0 Å². The molecule has 0 saturated heterocycles. The molecule has 1 aliphatic carbocycles. The van der Waals surface area contributed by atoms with Crippen molar-refractivity contribution in [3.05, 3.63) is 40.3 Å². The molecule has 130 valence electrons. The van der Waals surface area contributed by atoms with Crippen molar-refractivity contribution >= 4 is 31.3 Å². The number of halogens is 2. The maximum absolute atomic E-state index is 6.38. The third-order valence-corrected chi connectivity index (χ3v) is 6.52. The highest BCUT2D eigenvalue weighted by Gasteiger charge is 2.31. The third-order valence-electron chi connectivity index (χ3n) is 4.25. The molecule has 0 radical (unpaired) electrons. The maximum Gasteiger partial charge on any atom is 0.124 e. The van der Waals surface area contributed by atoms with E-state index >= 15 is 0 Å². The summed E-state index contributed by atoms with van der Waals surface area (Å²) in [5.74, 6) is 0.554. The Morgan fingerprint density at radius 1 is 1.25 bits per heavy atom. The molecule has 1 heterocycles. The minimum absolute atomic E-state index is 0.554. The van der Waals surface area contributed by atoms with Crippen LogP contribution in [0.25, 0.3) is 11.3 Å². The van der Waals surface area contributed by atoms with Gasteiger partial charge in [0.05, 0.1) is 22.7 Å². The number of benzene rings is 1. The minimum Gasteiger partial charge on any atom is -0.361 e. The summed E-state index contributed by atoms with van der Waals surface area (Å²) in [6, 6.07) is 6.71. The lowest BCUT2D eigenvalue weighted by Crippen LogP contribution is -2.22. The number of imidazole rings is 1. The SMILES string of the molecule is C[Si](C)(C)CCOCn1cnc(-c2cc(Cl)ccc2Cl)c1C1CC1. The summed E-state index contributed by atoms with van der Waals surface area (Å²) < 4.78 is 8.05. The van der Waals surface area contributed by atoms with E-state index in [0.29, 0.717) is 22.7 Å². The van der Waals surface area contributed by atoms with Crippen LogP contribution in [0.4, 0.5) is 0 Å². The van der Waals surface area contributed by atoms with E-state index < -0.39 is 8.07 Å². The van der Waals surface area contributed by atoms with Crippen molar-refractivity contribution in [1.82, 2.24) is 9.55 Å². The van der Waals surface area contributed by atoms with Gasteiger partial charge in [-0.3, -0.25) is 0 Å². The van der Waals surface area contributed by atoms with Gasteiger partial charge in [-0.25, -0.2) is 4.98 Å². The molecular weight excluding hydrogens is 359 g/mol. The highest BCUT2D eigenvalue weighted by molar-refractivity contribution is 6.76. The Morgan fingerprint density at radius 3 is 2.67 bits per heavy atom. The van der Waals surface area contributed by atoms with Crippen LogP contribution >= 0.6 is 23.2 Å². The molecule has 24 heavy (non-hydrogen) atoms. The lowest BCUT2D eigenvalue weighted by Gasteiger charge is -2.16. The normalized spacial score (nSPS) is 15.0. The molecule has 1 fully saturated rings. The molecule has 0 aliphatic heterocycles. The van der Waals surface area contributed by atoms with Crippen LogP contribution in [0.15, 0.2) is 24.5 Å². The van der Waals surface area contributed by atoms with Gasteiger partial charge in [-0.15, -0.1) is 0 Å². The van der Waals surface area contributed by atoms with Crippen LogP contribution in [0.2, 0.25) is 35.7 Å². The zero-order chi connectivity index (χ0) is 17.3. The fraction of sp³-hybridized carbons (Fsp3) is 0.500. The average Bonchev–Trinajstić information content (AvgIpc) is 3.25. The van der Waals surface area contributed by atoms with E-state index in [-0.39, 0.29) is 0 Å². The standard InChI is InChI=1S/C18H24Cl2N2OSi/c1-24(2,3)9-8-23-12-22-11-21-17(18(22)13-4-5-13)15-10-14(19)6-7-16(15)20/h6-7,10-11,13H,4-5,8-9,12H2,1-3H3. The van der Waals surface area contributed by atoms with Crippen LogP contribution in [0, 0.1) is 0 Å². The van der Waals surface area contributed by atoms with Gasteiger partial charge in [-0.1, -0.05) is 42.8 Å². The van der Waals surface area contributed by atoms with E-state index in [0.717, 1.165) is 17.9 Å². The Morgan fingerprint density at radius 2 is 2.00 bits per heavy atom. The first kappa shape index (κ1) is 18.0. The minimum atomic E-state index is -1.06. The zero-order valence-electron chi connectivity index (χ0n) is 14.5. The van der Waals surface area contributed by atoms with Gasteiger partial charge >= 0.3 is 0 Å². The lowest BCUT2D eigenvalue weighted by molar-refractivity contribution is 0.0853. The number of nitrogens with zero attached hydrogens (tertiary/aromatic N) is 2. The summed E-state index contributed by atoms with van der Waals surface area (Å²) >= 11 is 12.5. The second-order valence-corrected chi connectivity index (χ2v) is 14.2. The van der Waals surface area contributed by atoms with Crippen LogP contribution in [-0.2, 0) is 11.5 Å². The maximum atomic E-state index is 6.38. The first-order valence-corrected chi connectivity index (χ1v) is 12.9. The van der Waals surface area contributed by atoms with Crippen molar-refractivity contribution in [2.45, 2.75) is 51.2 Å². The Hall–Kier alpha value is -0.813. The summed E-state index contributed by atoms with van der Waals surface area (Å²) in [7, 11) is -1.06. The molecule has 0 amide bonds. The van der Waals surface area contributed by atoms with Gasteiger partial charge in [0.1, 0.15) is 6.73 Å². The molecule has 2 aromatic rings. The van der Waals surface area contributed by atoms with E-state index in [2.05, 4.69) is 29.2 Å². The highest BCUT2D eigenvalue weighted by atomic mass is 35.5. The third kappa shape index (κ3) is 4.42. The first-order valence-electron chi connectivity index (χ1n) is 8.43. The monoisotopic (exact) mass is 382 g/mol. The molecule has 6 heteroatoms. The lowest BCUT2D eigenvalue weighted by atomic mass is 10.1. The van der Waals surface area contributed by atoms with Gasteiger partial charge < -0.3 is 9.30 Å². The molecule has 1 aliphatic rings. The number of hydrogen-bond acceptors (Lipinski definition) is 2. The summed E-state index contributed by atoms with van der Waals surface area (Å²) in [5, 5.41) is 1.36.